The molecule has 9 aromatic carbocycles. The molecule has 0 saturated heterocycles. The summed E-state index contributed by atoms with van der Waals surface area (Å²) in [6, 6.07) is 78.2. The summed E-state index contributed by atoms with van der Waals surface area (Å²) in [4.78, 5) is 2.43. The maximum absolute atomic E-state index is 2.46. The van der Waals surface area contributed by atoms with Crippen molar-refractivity contribution in [1.82, 2.24) is 0 Å². The molecule has 0 aliphatic heterocycles. The third kappa shape index (κ3) is 4.92. The summed E-state index contributed by atoms with van der Waals surface area (Å²) in [5.74, 6) is 0. The number of anilines is 3. The Balaban J connectivity index is 1.20. The van der Waals surface area contributed by atoms with Crippen molar-refractivity contribution in [3.05, 3.63) is 235 Å². The van der Waals surface area contributed by atoms with Gasteiger partial charge in [0.15, 0.2) is 0 Å². The molecule has 11 rings (SSSR count). The molecule has 0 spiro atoms. The molecule has 0 N–H and O–H groups in total. The van der Waals surface area contributed by atoms with Gasteiger partial charge in [-0.05, 0) is 92.2 Å². The first kappa shape index (κ1) is 31.8. The van der Waals surface area contributed by atoms with Crippen LogP contribution in [0.5, 0.6) is 0 Å². The average molecular weight is 718 g/mol. The number of nitrogens with zero attached hydrogens (tertiary/aromatic N) is 1. The summed E-state index contributed by atoms with van der Waals surface area (Å²) in [5, 5.41) is 5.08. The van der Waals surface area contributed by atoms with Crippen molar-refractivity contribution >= 4 is 59.3 Å². The third-order valence-corrected chi connectivity index (χ3v) is 12.7. The van der Waals surface area contributed by atoms with Gasteiger partial charge in [-0.2, -0.15) is 0 Å². The van der Waals surface area contributed by atoms with Gasteiger partial charge in [-0.25, -0.2) is 0 Å². The fraction of sp³-hybridized carbons (Fsp3) is 0.0189. The average Bonchev–Trinajstić information content (AvgIpc) is 3.79. The van der Waals surface area contributed by atoms with Crippen LogP contribution in [0.3, 0.4) is 0 Å². The molecule has 0 unspecified atom stereocenters. The van der Waals surface area contributed by atoms with Crippen molar-refractivity contribution in [2.45, 2.75) is 5.41 Å². The van der Waals surface area contributed by atoms with Gasteiger partial charge in [0, 0.05) is 42.8 Å². The Morgan fingerprint density at radius 2 is 0.945 bits per heavy atom. The molecule has 0 atom stereocenters. The summed E-state index contributed by atoms with van der Waals surface area (Å²) >= 11 is 1.92. The minimum Gasteiger partial charge on any atom is -0.310 e. The highest BCUT2D eigenvalue weighted by Gasteiger charge is 2.47. The first-order valence-electron chi connectivity index (χ1n) is 18.9. The van der Waals surface area contributed by atoms with Gasteiger partial charge in [-0.15, -0.1) is 11.3 Å². The first-order chi connectivity index (χ1) is 27.3. The third-order valence-electron chi connectivity index (χ3n) is 11.5. The molecule has 1 aromatic heterocycles. The molecule has 0 fully saturated rings. The van der Waals surface area contributed by atoms with Gasteiger partial charge in [0.05, 0.1) is 5.41 Å². The van der Waals surface area contributed by atoms with Gasteiger partial charge in [0.1, 0.15) is 0 Å². The Hall–Kier alpha value is -6.74. The van der Waals surface area contributed by atoms with Gasteiger partial charge in [-0.3, -0.25) is 0 Å². The lowest BCUT2D eigenvalue weighted by Crippen LogP contribution is -2.28. The van der Waals surface area contributed by atoms with Gasteiger partial charge >= 0.3 is 0 Å². The van der Waals surface area contributed by atoms with Crippen molar-refractivity contribution in [2.24, 2.45) is 0 Å². The van der Waals surface area contributed by atoms with Crippen LogP contribution in [-0.2, 0) is 5.41 Å². The van der Waals surface area contributed by atoms with Crippen molar-refractivity contribution in [3.8, 4) is 22.3 Å². The molecule has 0 amide bonds. The van der Waals surface area contributed by atoms with Crippen LogP contribution < -0.4 is 4.90 Å². The first-order valence-corrected chi connectivity index (χ1v) is 19.7. The van der Waals surface area contributed by atoms with Crippen LogP contribution in [0.1, 0.15) is 22.3 Å². The van der Waals surface area contributed by atoms with Crippen LogP contribution in [0.25, 0.3) is 53.2 Å². The Morgan fingerprint density at radius 1 is 0.382 bits per heavy atom. The fourth-order valence-corrected chi connectivity index (χ4v) is 10.3. The van der Waals surface area contributed by atoms with Gasteiger partial charge in [0.25, 0.3) is 0 Å². The van der Waals surface area contributed by atoms with E-state index < -0.39 is 5.41 Å². The summed E-state index contributed by atoms with van der Waals surface area (Å²) in [7, 11) is 0. The van der Waals surface area contributed by atoms with E-state index in [4.69, 9.17) is 0 Å². The Morgan fingerprint density at radius 3 is 1.69 bits per heavy atom. The minimum absolute atomic E-state index is 0.485. The predicted octanol–water partition coefficient (Wildman–Crippen LogP) is 14.7. The molecule has 1 heterocycles. The molecular weight excluding hydrogens is 683 g/mol. The lowest BCUT2D eigenvalue weighted by Gasteiger charge is -2.34. The Labute approximate surface area is 325 Å². The van der Waals surface area contributed by atoms with Crippen molar-refractivity contribution in [2.75, 3.05) is 4.90 Å². The normalized spacial score (nSPS) is 12.9. The molecule has 258 valence electrons. The van der Waals surface area contributed by atoms with Crippen molar-refractivity contribution in [3.63, 3.8) is 0 Å². The van der Waals surface area contributed by atoms with Crippen LogP contribution >= 0.6 is 11.3 Å². The largest absolute Gasteiger partial charge is 0.310 e. The predicted molar refractivity (Wildman–Crippen MR) is 234 cm³/mol. The van der Waals surface area contributed by atoms with Crippen LogP contribution in [0.15, 0.2) is 212 Å². The highest BCUT2D eigenvalue weighted by molar-refractivity contribution is 7.26. The molecule has 1 nitrogen and oxygen atoms in total. The summed E-state index contributed by atoms with van der Waals surface area (Å²) in [6.07, 6.45) is 0. The minimum atomic E-state index is -0.485. The van der Waals surface area contributed by atoms with Crippen LogP contribution in [-0.4, -0.2) is 0 Å². The summed E-state index contributed by atoms with van der Waals surface area (Å²) in [5.41, 5.74) is 13.1. The maximum Gasteiger partial charge on any atom is 0.0714 e. The zero-order valence-electron chi connectivity index (χ0n) is 30.1. The SMILES string of the molecule is c1ccc(-c2ccc(N(c3ccc4c(c3)-c3c(ccc5c3sc3ccccc35)C4(c3ccccc3)c3ccccc3)c3ccc4ccccc4c3)cc2)cc1. The number of rotatable bonds is 6. The number of hydrogen-bond donors (Lipinski definition) is 0. The Kier molecular flexibility index (Phi) is 7.33. The number of thiophene rings is 1. The number of fused-ring (bicyclic) bond motifs is 8. The topological polar surface area (TPSA) is 3.24 Å². The maximum atomic E-state index is 2.46. The van der Waals surface area contributed by atoms with Gasteiger partial charge < -0.3 is 4.90 Å². The highest BCUT2D eigenvalue weighted by Crippen LogP contribution is 2.60. The molecule has 2 heteroatoms. The number of hydrogen-bond acceptors (Lipinski definition) is 2. The van der Waals surface area contributed by atoms with Crippen LogP contribution in [0, 0.1) is 0 Å². The van der Waals surface area contributed by atoms with E-state index in [-0.39, 0.29) is 0 Å². The Bertz CT molecular complexity index is 2980. The van der Waals surface area contributed by atoms with Gasteiger partial charge in [0.2, 0.25) is 0 Å². The van der Waals surface area contributed by atoms with E-state index in [1.54, 1.807) is 0 Å². The molecular formula is C53H35NS. The second-order valence-corrected chi connectivity index (χ2v) is 15.5. The molecule has 0 radical (unpaired) electrons. The molecule has 1 aliphatic rings. The standard InChI is InChI=1S/C53H35NS/c1-4-14-36(15-5-1)38-24-27-42(28-25-38)54(43-29-26-37-16-10-11-17-39(37)34-43)44-30-32-48-47(35-44)51-49(33-31-46-45-22-12-13-23-50(45)55-52(46)51)53(48,40-18-6-2-7-19-40)41-20-8-3-9-21-41/h1-35H. The van der Waals surface area contributed by atoms with E-state index in [9.17, 15) is 0 Å². The zero-order chi connectivity index (χ0) is 36.3. The smallest absolute Gasteiger partial charge is 0.0714 e. The lowest BCUT2D eigenvalue weighted by molar-refractivity contribution is 0.769. The second-order valence-electron chi connectivity index (χ2n) is 14.5. The summed E-state index contributed by atoms with van der Waals surface area (Å²) in [6.45, 7) is 0. The second kappa shape index (κ2) is 12.7. The monoisotopic (exact) mass is 717 g/mol. The van der Waals surface area contributed by atoms with E-state index in [2.05, 4.69) is 217 Å². The summed E-state index contributed by atoms with van der Waals surface area (Å²) < 4.78 is 2.66. The molecule has 0 saturated carbocycles. The van der Waals surface area contributed by atoms with E-state index in [1.807, 2.05) is 11.3 Å². The molecule has 1 aliphatic carbocycles. The number of benzene rings is 9. The molecule has 55 heavy (non-hydrogen) atoms. The quantitative estimate of drug-likeness (QED) is 0.166. The molecule has 10 aromatic rings. The lowest BCUT2D eigenvalue weighted by atomic mass is 9.67. The van der Waals surface area contributed by atoms with E-state index in [1.165, 1.54) is 75.5 Å². The van der Waals surface area contributed by atoms with Crippen LogP contribution in [0.4, 0.5) is 17.1 Å². The van der Waals surface area contributed by atoms with Crippen LogP contribution in [0.2, 0.25) is 0 Å². The van der Waals surface area contributed by atoms with E-state index >= 15 is 0 Å². The van der Waals surface area contributed by atoms with E-state index in [0.29, 0.717) is 0 Å². The van der Waals surface area contributed by atoms with Crippen molar-refractivity contribution < 1.29 is 0 Å². The zero-order valence-corrected chi connectivity index (χ0v) is 30.9. The van der Waals surface area contributed by atoms with Gasteiger partial charge in [-0.1, -0.05) is 170 Å². The molecule has 0 bridgehead atoms. The van der Waals surface area contributed by atoms with Crippen molar-refractivity contribution in [1.29, 1.82) is 0 Å². The fourth-order valence-electron chi connectivity index (χ4n) is 9.08. The van der Waals surface area contributed by atoms with E-state index in [0.717, 1.165) is 17.1 Å². The highest BCUT2D eigenvalue weighted by atomic mass is 32.1.